The van der Waals surface area contributed by atoms with Crippen molar-refractivity contribution in [3.63, 3.8) is 0 Å². The molecule has 1 nitrogen and oxygen atoms in total. The Balaban J connectivity index is 1.16. The minimum atomic E-state index is -0.111. The SMILES string of the molecule is [2H]c1c([2H])c(N(c2ccc(-c3ccc(-c4ccccc4)cc3)cc2)c2ccc(-c3ccc4ccccc4c3-c3ccccc3)cc2)c([2H])c([2H])c1-c1ccccc1. The predicted octanol–water partition coefficient (Wildman–Crippen LogP) is 14.6. The molecule has 0 saturated heterocycles. The van der Waals surface area contributed by atoms with Gasteiger partial charge in [-0.1, -0.05) is 188 Å². The fourth-order valence-electron chi connectivity index (χ4n) is 7.08. The van der Waals surface area contributed by atoms with Crippen LogP contribution in [-0.2, 0) is 0 Å². The highest BCUT2D eigenvalue weighted by atomic mass is 15.1. The van der Waals surface area contributed by atoms with E-state index in [1.165, 1.54) is 10.8 Å². The highest BCUT2D eigenvalue weighted by molar-refractivity contribution is 6.04. The second kappa shape index (κ2) is 14.3. The van der Waals surface area contributed by atoms with Gasteiger partial charge in [0.1, 0.15) is 0 Å². The summed E-state index contributed by atoms with van der Waals surface area (Å²) < 4.78 is 37.0. The fourth-order valence-corrected chi connectivity index (χ4v) is 7.08. The molecule has 0 bridgehead atoms. The molecule has 0 spiro atoms. The van der Waals surface area contributed by atoms with Crippen molar-refractivity contribution in [3.05, 3.63) is 224 Å². The summed E-state index contributed by atoms with van der Waals surface area (Å²) in [6, 6.07) is 67.1. The number of hydrogen-bond donors (Lipinski definition) is 0. The first-order valence-electron chi connectivity index (χ1n) is 19.9. The van der Waals surface area contributed by atoms with E-state index in [2.05, 4.69) is 109 Å². The first-order chi connectivity index (χ1) is 28.0. The molecule has 1 heteroatoms. The number of anilines is 3. The molecule has 53 heavy (non-hydrogen) atoms. The van der Waals surface area contributed by atoms with Crippen molar-refractivity contribution < 1.29 is 5.48 Å². The molecule has 0 unspecified atom stereocenters. The van der Waals surface area contributed by atoms with Crippen molar-refractivity contribution in [2.45, 2.75) is 0 Å². The van der Waals surface area contributed by atoms with E-state index < -0.39 is 0 Å². The Morgan fingerprint density at radius 3 is 1.25 bits per heavy atom. The highest BCUT2D eigenvalue weighted by Crippen LogP contribution is 2.41. The van der Waals surface area contributed by atoms with E-state index >= 15 is 0 Å². The lowest BCUT2D eigenvalue weighted by atomic mass is 9.90. The molecule has 0 N–H and O–H groups in total. The lowest BCUT2D eigenvalue weighted by molar-refractivity contribution is 1.28. The monoisotopic (exact) mass is 679 g/mol. The average molecular weight is 680 g/mol. The largest absolute Gasteiger partial charge is 0.311 e. The Kier molecular flexibility index (Phi) is 7.50. The van der Waals surface area contributed by atoms with E-state index in [1.54, 1.807) is 0 Å². The van der Waals surface area contributed by atoms with Gasteiger partial charge in [-0.25, -0.2) is 0 Å². The van der Waals surface area contributed by atoms with Crippen LogP contribution in [0.5, 0.6) is 0 Å². The van der Waals surface area contributed by atoms with Crippen LogP contribution in [0.1, 0.15) is 5.48 Å². The van der Waals surface area contributed by atoms with E-state index in [4.69, 9.17) is 2.74 Å². The Hall–Kier alpha value is -6.96. The predicted molar refractivity (Wildman–Crippen MR) is 226 cm³/mol. The zero-order valence-electron chi connectivity index (χ0n) is 33.0. The van der Waals surface area contributed by atoms with Gasteiger partial charge in [-0.15, -0.1) is 0 Å². The Morgan fingerprint density at radius 1 is 0.283 bits per heavy atom. The summed E-state index contributed by atoms with van der Waals surface area (Å²) in [5.41, 5.74) is 11.4. The molecular weight excluding hydrogens is 639 g/mol. The summed E-state index contributed by atoms with van der Waals surface area (Å²) in [4.78, 5) is 1.85. The van der Waals surface area contributed by atoms with Crippen LogP contribution in [0.25, 0.3) is 66.4 Å². The van der Waals surface area contributed by atoms with Gasteiger partial charge in [0.25, 0.3) is 0 Å². The zero-order chi connectivity index (χ0) is 38.9. The molecule has 0 aliphatic carbocycles. The van der Waals surface area contributed by atoms with Gasteiger partial charge in [0, 0.05) is 17.1 Å². The van der Waals surface area contributed by atoms with Gasteiger partial charge in [0.2, 0.25) is 0 Å². The van der Waals surface area contributed by atoms with E-state index in [9.17, 15) is 2.74 Å². The van der Waals surface area contributed by atoms with E-state index in [1.807, 2.05) is 95.9 Å². The number of fused-ring (bicyclic) bond motifs is 1. The van der Waals surface area contributed by atoms with E-state index in [0.717, 1.165) is 50.2 Å². The van der Waals surface area contributed by atoms with Crippen molar-refractivity contribution in [3.8, 4) is 55.6 Å². The standard InChI is InChI=1S/C52H37N/c1-4-12-38(13-5-1)40-20-22-41(23-21-40)43-26-33-48(34-27-43)53(47-31-24-42(25-32-47)39-14-6-2-7-15-39)49-35-28-45(29-36-49)51-37-30-44-16-10-11-19-50(44)52(51)46-17-8-3-9-18-46/h1-37H/i24D,25D,31D,32D. The maximum absolute atomic E-state index is 9.36. The summed E-state index contributed by atoms with van der Waals surface area (Å²) in [7, 11) is 0. The molecule has 0 radical (unpaired) electrons. The molecular formula is C52H37N. The van der Waals surface area contributed by atoms with Gasteiger partial charge in [0.05, 0.1) is 5.48 Å². The van der Waals surface area contributed by atoms with Gasteiger partial charge in [-0.3, -0.25) is 0 Å². The van der Waals surface area contributed by atoms with Gasteiger partial charge < -0.3 is 4.90 Å². The lowest BCUT2D eigenvalue weighted by Gasteiger charge is -2.26. The molecule has 9 aromatic rings. The van der Waals surface area contributed by atoms with Gasteiger partial charge in [-0.05, 0) is 103 Å². The minimum absolute atomic E-state index is 0.0855. The average Bonchev–Trinajstić information content (AvgIpc) is 3.28. The van der Waals surface area contributed by atoms with Crippen molar-refractivity contribution in [2.75, 3.05) is 4.90 Å². The van der Waals surface area contributed by atoms with Crippen LogP contribution in [-0.4, -0.2) is 0 Å². The summed E-state index contributed by atoms with van der Waals surface area (Å²) >= 11 is 0. The number of rotatable bonds is 8. The summed E-state index contributed by atoms with van der Waals surface area (Å²) in [6.45, 7) is 0. The zero-order valence-corrected chi connectivity index (χ0v) is 29.0. The lowest BCUT2D eigenvalue weighted by Crippen LogP contribution is -2.09. The highest BCUT2D eigenvalue weighted by Gasteiger charge is 2.16. The van der Waals surface area contributed by atoms with Crippen LogP contribution < -0.4 is 4.90 Å². The summed E-state index contributed by atoms with van der Waals surface area (Å²) in [6.07, 6.45) is 0. The van der Waals surface area contributed by atoms with Crippen molar-refractivity contribution in [1.82, 2.24) is 0 Å². The molecule has 0 amide bonds. The molecule has 0 heterocycles. The summed E-state index contributed by atoms with van der Waals surface area (Å²) in [5, 5.41) is 2.34. The van der Waals surface area contributed by atoms with Gasteiger partial charge >= 0.3 is 0 Å². The maximum Gasteiger partial charge on any atom is 0.0645 e. The molecule has 0 fully saturated rings. The van der Waals surface area contributed by atoms with Gasteiger partial charge in [-0.2, -0.15) is 0 Å². The Labute approximate surface area is 317 Å². The van der Waals surface area contributed by atoms with Crippen LogP contribution in [0.2, 0.25) is 0 Å². The Morgan fingerprint density at radius 2 is 0.698 bits per heavy atom. The fraction of sp³-hybridized carbons (Fsp3) is 0. The van der Waals surface area contributed by atoms with Crippen LogP contribution in [0.15, 0.2) is 224 Å². The van der Waals surface area contributed by atoms with Gasteiger partial charge in [0.15, 0.2) is 0 Å². The second-order valence-electron chi connectivity index (χ2n) is 13.0. The number of nitrogens with zero attached hydrogens (tertiary/aromatic N) is 1. The van der Waals surface area contributed by atoms with E-state index in [-0.39, 0.29) is 35.4 Å². The van der Waals surface area contributed by atoms with Crippen molar-refractivity contribution in [2.24, 2.45) is 0 Å². The Bertz CT molecular complexity index is 2810. The molecule has 0 aliphatic rings. The maximum atomic E-state index is 9.36. The third kappa shape index (κ3) is 6.53. The molecule has 0 atom stereocenters. The van der Waals surface area contributed by atoms with Crippen LogP contribution >= 0.6 is 0 Å². The third-order valence-electron chi connectivity index (χ3n) is 9.78. The molecule has 9 rings (SSSR count). The molecule has 0 aliphatic heterocycles. The third-order valence-corrected chi connectivity index (χ3v) is 9.78. The topological polar surface area (TPSA) is 3.24 Å². The molecule has 0 saturated carbocycles. The normalized spacial score (nSPS) is 12.1. The van der Waals surface area contributed by atoms with Crippen molar-refractivity contribution in [1.29, 1.82) is 0 Å². The van der Waals surface area contributed by atoms with Crippen LogP contribution in [0.3, 0.4) is 0 Å². The van der Waals surface area contributed by atoms with Crippen molar-refractivity contribution >= 4 is 27.8 Å². The first-order valence-corrected chi connectivity index (χ1v) is 17.9. The quantitative estimate of drug-likeness (QED) is 0.154. The van der Waals surface area contributed by atoms with Crippen LogP contribution in [0, 0.1) is 0 Å². The smallest absolute Gasteiger partial charge is 0.0645 e. The first kappa shape index (κ1) is 27.7. The molecule has 9 aromatic carbocycles. The second-order valence-corrected chi connectivity index (χ2v) is 13.0. The summed E-state index contributed by atoms with van der Waals surface area (Å²) in [5.74, 6) is 0. The van der Waals surface area contributed by atoms with E-state index in [0.29, 0.717) is 11.3 Å². The minimum Gasteiger partial charge on any atom is -0.311 e. The number of benzene rings is 9. The van der Waals surface area contributed by atoms with Crippen LogP contribution in [0.4, 0.5) is 17.1 Å². The molecule has 250 valence electrons. The molecule has 0 aromatic heterocycles. The number of hydrogen-bond acceptors (Lipinski definition) is 1.